The molecule has 0 aliphatic carbocycles. The second-order valence-corrected chi connectivity index (χ2v) is 5.20. The first-order valence-corrected chi connectivity index (χ1v) is 6.63. The van der Waals surface area contributed by atoms with Gasteiger partial charge < -0.3 is 0 Å². The molecule has 1 aromatic heterocycles. The largest absolute Gasteiger partial charge is 0.299 e. The van der Waals surface area contributed by atoms with Gasteiger partial charge >= 0.3 is 0 Å². The Balaban J connectivity index is 2.09. The average Bonchev–Trinajstić information content (AvgIpc) is 2.39. The molecular weight excluding hydrogens is 290 g/mol. The van der Waals surface area contributed by atoms with Crippen LogP contribution in [0.3, 0.4) is 0 Å². The number of ketones is 1. The molecule has 2 rings (SSSR count). The molecule has 0 N–H and O–H groups in total. The number of hydrogen-bond donors (Lipinski definition) is 0. The van der Waals surface area contributed by atoms with E-state index >= 15 is 0 Å². The summed E-state index contributed by atoms with van der Waals surface area (Å²) in [4.78, 5) is 16.3. The Hall–Kier alpha value is -1.48. The summed E-state index contributed by atoms with van der Waals surface area (Å²) in [5.74, 6) is 0.131. The summed E-state index contributed by atoms with van der Waals surface area (Å²) in [5, 5.41) is 0. The van der Waals surface area contributed by atoms with Crippen molar-refractivity contribution in [2.45, 2.75) is 19.3 Å². The molecule has 0 bridgehead atoms. The van der Waals surface area contributed by atoms with Crippen LogP contribution in [0.2, 0.25) is 0 Å². The van der Waals surface area contributed by atoms with Gasteiger partial charge in [-0.15, -0.1) is 0 Å². The van der Waals surface area contributed by atoms with Gasteiger partial charge in [-0.2, -0.15) is 0 Å². The molecule has 0 amide bonds. The van der Waals surface area contributed by atoms with Gasteiger partial charge in [0.05, 0.1) is 0 Å². The Morgan fingerprint density at radius 1 is 1.28 bits per heavy atom. The van der Waals surface area contributed by atoms with E-state index in [9.17, 15) is 4.79 Å². The average molecular weight is 304 g/mol. The molecule has 0 spiro atoms. The number of pyridine rings is 1. The number of hydrogen-bond acceptors (Lipinski definition) is 2. The van der Waals surface area contributed by atoms with Crippen LogP contribution in [0.5, 0.6) is 0 Å². The fourth-order valence-electron chi connectivity index (χ4n) is 1.83. The van der Waals surface area contributed by atoms with E-state index in [1.54, 1.807) is 12.4 Å². The molecule has 2 aromatic rings. The maximum atomic E-state index is 12.2. The number of halogens is 1. The van der Waals surface area contributed by atoms with E-state index in [-0.39, 0.29) is 11.7 Å². The van der Waals surface area contributed by atoms with Gasteiger partial charge in [-0.05, 0) is 33.1 Å². The van der Waals surface area contributed by atoms with Gasteiger partial charge in [0.1, 0.15) is 5.78 Å². The van der Waals surface area contributed by atoms with E-state index in [1.165, 1.54) is 0 Å². The molecular formula is C15H14BrNO. The number of Topliss-reactive ketones (excluding diaryl/α,β-unsaturated/α-hetero) is 1. The Morgan fingerprint density at radius 2 is 2.00 bits per heavy atom. The summed E-state index contributed by atoms with van der Waals surface area (Å²) in [6.45, 7) is 1.95. The number of aromatic nitrogens is 1. The fourth-order valence-corrected chi connectivity index (χ4v) is 2.25. The highest BCUT2D eigenvalue weighted by Crippen LogP contribution is 2.18. The maximum Gasteiger partial charge on any atom is 0.144 e. The van der Waals surface area contributed by atoms with E-state index in [0.717, 1.165) is 15.6 Å². The zero-order chi connectivity index (χ0) is 13.0. The third-order valence-electron chi connectivity index (χ3n) is 2.92. The standard InChI is InChI=1S/C15H14BrNO/c1-11(13-5-3-2-4-6-13)15(18)8-12-7-14(16)10-17-9-12/h2-7,9-11H,8H2,1H3. The molecule has 1 atom stereocenters. The molecule has 0 saturated heterocycles. The lowest BCUT2D eigenvalue weighted by atomic mass is 9.93. The van der Waals surface area contributed by atoms with Gasteiger partial charge in [0.25, 0.3) is 0 Å². The van der Waals surface area contributed by atoms with Crippen molar-refractivity contribution in [3.05, 3.63) is 64.4 Å². The van der Waals surface area contributed by atoms with Crippen LogP contribution in [-0.2, 0) is 11.2 Å². The van der Waals surface area contributed by atoms with Crippen molar-refractivity contribution >= 4 is 21.7 Å². The minimum Gasteiger partial charge on any atom is -0.299 e. The number of rotatable bonds is 4. The normalized spacial score (nSPS) is 12.1. The van der Waals surface area contributed by atoms with E-state index in [1.807, 2.05) is 43.3 Å². The monoisotopic (exact) mass is 303 g/mol. The molecule has 18 heavy (non-hydrogen) atoms. The highest BCUT2D eigenvalue weighted by Gasteiger charge is 2.15. The molecule has 0 saturated carbocycles. The molecule has 1 heterocycles. The van der Waals surface area contributed by atoms with Crippen LogP contribution < -0.4 is 0 Å². The summed E-state index contributed by atoms with van der Waals surface area (Å²) in [5.41, 5.74) is 2.00. The highest BCUT2D eigenvalue weighted by molar-refractivity contribution is 9.10. The van der Waals surface area contributed by atoms with Crippen LogP contribution in [0.25, 0.3) is 0 Å². The van der Waals surface area contributed by atoms with Gasteiger partial charge in [-0.1, -0.05) is 37.3 Å². The topological polar surface area (TPSA) is 30.0 Å². The van der Waals surface area contributed by atoms with E-state index in [0.29, 0.717) is 6.42 Å². The summed E-state index contributed by atoms with van der Waals surface area (Å²) in [6.07, 6.45) is 3.87. The summed E-state index contributed by atoms with van der Waals surface area (Å²) in [6, 6.07) is 11.8. The van der Waals surface area contributed by atoms with Gasteiger partial charge in [0.15, 0.2) is 0 Å². The molecule has 1 unspecified atom stereocenters. The van der Waals surface area contributed by atoms with Crippen molar-refractivity contribution in [2.75, 3.05) is 0 Å². The third-order valence-corrected chi connectivity index (χ3v) is 3.36. The summed E-state index contributed by atoms with van der Waals surface area (Å²) < 4.78 is 0.903. The minimum absolute atomic E-state index is 0.0785. The second kappa shape index (κ2) is 5.91. The lowest BCUT2D eigenvalue weighted by Gasteiger charge is -2.10. The summed E-state index contributed by atoms with van der Waals surface area (Å²) in [7, 11) is 0. The smallest absolute Gasteiger partial charge is 0.144 e. The third kappa shape index (κ3) is 3.26. The minimum atomic E-state index is -0.0785. The van der Waals surface area contributed by atoms with Crippen LogP contribution >= 0.6 is 15.9 Å². The van der Waals surface area contributed by atoms with Crippen molar-refractivity contribution in [1.82, 2.24) is 4.98 Å². The maximum absolute atomic E-state index is 12.2. The molecule has 2 nitrogen and oxygen atoms in total. The van der Waals surface area contributed by atoms with E-state index in [4.69, 9.17) is 0 Å². The quantitative estimate of drug-likeness (QED) is 0.861. The molecule has 0 radical (unpaired) electrons. The predicted octanol–water partition coefficient (Wildman–Crippen LogP) is 3.76. The summed E-state index contributed by atoms with van der Waals surface area (Å²) >= 11 is 3.36. The van der Waals surface area contributed by atoms with Crippen molar-refractivity contribution in [3.8, 4) is 0 Å². The van der Waals surface area contributed by atoms with Crippen LogP contribution in [0.4, 0.5) is 0 Å². The van der Waals surface area contributed by atoms with E-state index < -0.39 is 0 Å². The van der Waals surface area contributed by atoms with Crippen molar-refractivity contribution in [3.63, 3.8) is 0 Å². The molecule has 3 heteroatoms. The predicted molar refractivity (Wildman–Crippen MR) is 75.5 cm³/mol. The van der Waals surface area contributed by atoms with E-state index in [2.05, 4.69) is 20.9 Å². The van der Waals surface area contributed by atoms with Gasteiger partial charge in [0, 0.05) is 29.2 Å². The van der Waals surface area contributed by atoms with Crippen molar-refractivity contribution < 1.29 is 4.79 Å². The number of benzene rings is 1. The lowest BCUT2D eigenvalue weighted by molar-refractivity contribution is -0.119. The number of nitrogens with zero attached hydrogens (tertiary/aromatic N) is 1. The lowest BCUT2D eigenvalue weighted by Crippen LogP contribution is -2.12. The molecule has 0 aliphatic heterocycles. The Morgan fingerprint density at radius 3 is 2.67 bits per heavy atom. The zero-order valence-corrected chi connectivity index (χ0v) is 11.7. The molecule has 0 aliphatic rings. The van der Waals surface area contributed by atoms with Crippen LogP contribution in [-0.4, -0.2) is 10.8 Å². The fraction of sp³-hybridized carbons (Fsp3) is 0.200. The van der Waals surface area contributed by atoms with Crippen molar-refractivity contribution in [2.24, 2.45) is 0 Å². The first-order valence-electron chi connectivity index (χ1n) is 5.84. The second-order valence-electron chi connectivity index (χ2n) is 4.29. The molecule has 92 valence electrons. The Labute approximate surface area is 115 Å². The highest BCUT2D eigenvalue weighted by atomic mass is 79.9. The van der Waals surface area contributed by atoms with Crippen LogP contribution in [0, 0.1) is 0 Å². The zero-order valence-electron chi connectivity index (χ0n) is 10.1. The first kappa shape index (κ1) is 13.0. The number of carbonyl (C=O) groups is 1. The van der Waals surface area contributed by atoms with Crippen LogP contribution in [0.15, 0.2) is 53.3 Å². The number of carbonyl (C=O) groups excluding carboxylic acids is 1. The molecule has 0 fully saturated rings. The van der Waals surface area contributed by atoms with Gasteiger partial charge in [-0.25, -0.2) is 0 Å². The SMILES string of the molecule is CC(C(=O)Cc1cncc(Br)c1)c1ccccc1. The van der Waals surface area contributed by atoms with Gasteiger partial charge in [0.2, 0.25) is 0 Å². The first-order chi connectivity index (χ1) is 8.66. The Kier molecular flexibility index (Phi) is 4.26. The van der Waals surface area contributed by atoms with Crippen LogP contribution in [0.1, 0.15) is 24.0 Å². The van der Waals surface area contributed by atoms with Crippen molar-refractivity contribution in [1.29, 1.82) is 0 Å². The molecule has 1 aromatic carbocycles. The Bertz CT molecular complexity index is 539. The van der Waals surface area contributed by atoms with Gasteiger partial charge in [-0.3, -0.25) is 9.78 Å².